The molecule has 0 saturated carbocycles. The Hall–Kier alpha value is -2.01. The fraction of sp³-hybridized carbons (Fsp3) is 0.143. The lowest BCUT2D eigenvalue weighted by molar-refractivity contribution is 0.601. The molecular formula is C14H16N2O2S. The molecule has 0 heterocycles. The lowest BCUT2D eigenvalue weighted by Gasteiger charge is -2.11. The first-order valence-corrected chi connectivity index (χ1v) is 7.32. The summed E-state index contributed by atoms with van der Waals surface area (Å²) in [6, 6.07) is 11.7. The molecule has 0 spiro atoms. The Bertz CT molecular complexity index is 692. The number of nitrogens with one attached hydrogen (secondary N) is 1. The molecule has 0 atom stereocenters. The van der Waals surface area contributed by atoms with Crippen molar-refractivity contribution in [1.29, 1.82) is 0 Å². The molecule has 0 fully saturated rings. The normalized spacial score (nSPS) is 11.3. The Morgan fingerprint density at radius 3 is 2.21 bits per heavy atom. The van der Waals surface area contributed by atoms with E-state index in [0.29, 0.717) is 11.4 Å². The zero-order valence-electron chi connectivity index (χ0n) is 10.8. The van der Waals surface area contributed by atoms with Gasteiger partial charge in [0.1, 0.15) is 0 Å². The smallest absolute Gasteiger partial charge is 0.261 e. The van der Waals surface area contributed by atoms with Gasteiger partial charge in [-0.25, -0.2) is 8.42 Å². The van der Waals surface area contributed by atoms with E-state index < -0.39 is 10.0 Å². The molecule has 0 bridgehead atoms. The molecule has 0 radical (unpaired) electrons. The molecule has 0 aliphatic rings. The highest BCUT2D eigenvalue weighted by atomic mass is 32.2. The fourth-order valence-corrected chi connectivity index (χ4v) is 2.91. The van der Waals surface area contributed by atoms with Crippen LogP contribution in [0.1, 0.15) is 11.1 Å². The summed E-state index contributed by atoms with van der Waals surface area (Å²) in [5, 5.41) is 0. The van der Waals surface area contributed by atoms with E-state index in [1.165, 1.54) is 12.1 Å². The van der Waals surface area contributed by atoms with E-state index in [0.717, 1.165) is 11.1 Å². The number of nitrogen functional groups attached to an aromatic ring is 1. The maximum Gasteiger partial charge on any atom is 0.261 e. The Labute approximate surface area is 113 Å². The highest BCUT2D eigenvalue weighted by Crippen LogP contribution is 2.21. The summed E-state index contributed by atoms with van der Waals surface area (Å²) in [5.74, 6) is 0. The van der Waals surface area contributed by atoms with Gasteiger partial charge in [-0.15, -0.1) is 0 Å². The van der Waals surface area contributed by atoms with Gasteiger partial charge in [-0.1, -0.05) is 17.7 Å². The molecule has 2 rings (SSSR count). The first-order valence-electron chi connectivity index (χ1n) is 5.84. The largest absolute Gasteiger partial charge is 0.399 e. The summed E-state index contributed by atoms with van der Waals surface area (Å²) >= 11 is 0. The van der Waals surface area contributed by atoms with Crippen molar-refractivity contribution in [1.82, 2.24) is 0 Å². The standard InChI is InChI=1S/C14H16N2O2S/c1-10-3-8-14(11(2)9-10)16-19(17,18)13-6-4-12(15)5-7-13/h3-9,16H,15H2,1-2H3. The second kappa shape index (κ2) is 4.93. The van der Waals surface area contributed by atoms with Crippen molar-refractivity contribution in [3.8, 4) is 0 Å². The maximum absolute atomic E-state index is 12.2. The van der Waals surface area contributed by atoms with Crippen LogP contribution < -0.4 is 10.5 Å². The summed E-state index contributed by atoms with van der Waals surface area (Å²) < 4.78 is 27.0. The second-order valence-electron chi connectivity index (χ2n) is 4.49. The van der Waals surface area contributed by atoms with Crippen molar-refractivity contribution in [2.75, 3.05) is 10.5 Å². The van der Waals surface area contributed by atoms with E-state index in [2.05, 4.69) is 4.72 Å². The van der Waals surface area contributed by atoms with Crippen LogP contribution in [0.3, 0.4) is 0 Å². The predicted octanol–water partition coefficient (Wildman–Crippen LogP) is 2.69. The minimum absolute atomic E-state index is 0.196. The Morgan fingerprint density at radius 2 is 1.63 bits per heavy atom. The molecule has 0 aliphatic heterocycles. The SMILES string of the molecule is Cc1ccc(NS(=O)(=O)c2ccc(N)cc2)c(C)c1. The predicted molar refractivity (Wildman–Crippen MR) is 77.6 cm³/mol. The van der Waals surface area contributed by atoms with Gasteiger partial charge in [-0.3, -0.25) is 4.72 Å². The topological polar surface area (TPSA) is 72.2 Å². The molecule has 0 aromatic heterocycles. The van der Waals surface area contributed by atoms with Gasteiger partial charge in [0, 0.05) is 5.69 Å². The van der Waals surface area contributed by atoms with Crippen LogP contribution in [0, 0.1) is 13.8 Å². The van der Waals surface area contributed by atoms with Crippen LogP contribution in [0.5, 0.6) is 0 Å². The van der Waals surface area contributed by atoms with E-state index >= 15 is 0 Å². The molecule has 100 valence electrons. The van der Waals surface area contributed by atoms with Crippen LogP contribution in [-0.4, -0.2) is 8.42 Å². The van der Waals surface area contributed by atoms with E-state index in [-0.39, 0.29) is 4.90 Å². The monoisotopic (exact) mass is 276 g/mol. The molecule has 0 saturated heterocycles. The number of hydrogen-bond acceptors (Lipinski definition) is 3. The molecule has 3 N–H and O–H groups in total. The molecule has 0 aliphatic carbocycles. The minimum atomic E-state index is -3.57. The quantitative estimate of drug-likeness (QED) is 0.847. The van der Waals surface area contributed by atoms with Gasteiger partial charge in [-0.2, -0.15) is 0 Å². The first kappa shape index (κ1) is 13.4. The Morgan fingerprint density at radius 1 is 1.00 bits per heavy atom. The zero-order valence-corrected chi connectivity index (χ0v) is 11.7. The molecular weight excluding hydrogens is 260 g/mol. The van der Waals surface area contributed by atoms with Crippen molar-refractivity contribution in [3.63, 3.8) is 0 Å². The maximum atomic E-state index is 12.2. The van der Waals surface area contributed by atoms with Gasteiger partial charge in [0.15, 0.2) is 0 Å². The van der Waals surface area contributed by atoms with E-state index in [9.17, 15) is 8.42 Å². The molecule has 19 heavy (non-hydrogen) atoms. The van der Waals surface area contributed by atoms with Crippen LogP contribution >= 0.6 is 0 Å². The summed E-state index contributed by atoms with van der Waals surface area (Å²) in [4.78, 5) is 0.196. The van der Waals surface area contributed by atoms with Crippen molar-refractivity contribution in [3.05, 3.63) is 53.6 Å². The fourth-order valence-electron chi connectivity index (χ4n) is 1.78. The molecule has 5 heteroatoms. The summed E-state index contributed by atoms with van der Waals surface area (Å²) in [6.07, 6.45) is 0. The average molecular weight is 276 g/mol. The second-order valence-corrected chi connectivity index (χ2v) is 6.18. The number of sulfonamides is 1. The highest BCUT2D eigenvalue weighted by molar-refractivity contribution is 7.92. The lowest BCUT2D eigenvalue weighted by atomic mass is 10.1. The lowest BCUT2D eigenvalue weighted by Crippen LogP contribution is -2.13. The van der Waals surface area contributed by atoms with Gasteiger partial charge < -0.3 is 5.73 Å². The van der Waals surface area contributed by atoms with Gasteiger partial charge in [0.05, 0.1) is 10.6 Å². The molecule has 0 unspecified atom stereocenters. The van der Waals surface area contributed by atoms with Crippen LogP contribution in [-0.2, 0) is 10.0 Å². The molecule has 0 amide bonds. The van der Waals surface area contributed by atoms with Gasteiger partial charge in [0.25, 0.3) is 10.0 Å². The van der Waals surface area contributed by atoms with Gasteiger partial charge in [0.2, 0.25) is 0 Å². The van der Waals surface area contributed by atoms with Gasteiger partial charge in [-0.05, 0) is 49.7 Å². The van der Waals surface area contributed by atoms with Crippen molar-refractivity contribution in [2.45, 2.75) is 18.7 Å². The van der Waals surface area contributed by atoms with Gasteiger partial charge >= 0.3 is 0 Å². The van der Waals surface area contributed by atoms with Crippen LogP contribution in [0.4, 0.5) is 11.4 Å². The number of rotatable bonds is 3. The number of nitrogens with two attached hydrogens (primary N) is 1. The third-order valence-electron chi connectivity index (χ3n) is 2.82. The average Bonchev–Trinajstić information content (AvgIpc) is 2.33. The third kappa shape index (κ3) is 3.06. The molecule has 2 aromatic rings. The molecule has 2 aromatic carbocycles. The highest BCUT2D eigenvalue weighted by Gasteiger charge is 2.14. The van der Waals surface area contributed by atoms with E-state index in [4.69, 9.17) is 5.73 Å². The number of aryl methyl sites for hydroxylation is 2. The van der Waals surface area contributed by atoms with Crippen LogP contribution in [0.15, 0.2) is 47.4 Å². The van der Waals surface area contributed by atoms with Crippen molar-refractivity contribution >= 4 is 21.4 Å². The van der Waals surface area contributed by atoms with E-state index in [1.54, 1.807) is 18.2 Å². The number of anilines is 2. The van der Waals surface area contributed by atoms with Crippen LogP contribution in [0.2, 0.25) is 0 Å². The zero-order chi connectivity index (χ0) is 14.0. The minimum Gasteiger partial charge on any atom is -0.399 e. The Balaban J connectivity index is 2.33. The summed E-state index contributed by atoms with van der Waals surface area (Å²) in [5.41, 5.74) is 8.65. The summed E-state index contributed by atoms with van der Waals surface area (Å²) in [7, 11) is -3.57. The first-order chi connectivity index (χ1) is 8.88. The number of benzene rings is 2. The van der Waals surface area contributed by atoms with Crippen molar-refractivity contribution in [2.24, 2.45) is 0 Å². The number of hydrogen-bond donors (Lipinski definition) is 2. The van der Waals surface area contributed by atoms with E-state index in [1.807, 2.05) is 26.0 Å². The third-order valence-corrected chi connectivity index (χ3v) is 4.20. The Kier molecular flexibility index (Phi) is 3.48. The van der Waals surface area contributed by atoms with Crippen molar-refractivity contribution < 1.29 is 8.42 Å². The summed E-state index contributed by atoms with van der Waals surface area (Å²) in [6.45, 7) is 3.83. The van der Waals surface area contributed by atoms with Crippen LogP contribution in [0.25, 0.3) is 0 Å². The molecule has 4 nitrogen and oxygen atoms in total.